The first kappa shape index (κ1) is 19.4. The van der Waals surface area contributed by atoms with Crippen LogP contribution in [0.2, 0.25) is 0 Å². The van der Waals surface area contributed by atoms with Crippen LogP contribution < -0.4 is 5.32 Å². The summed E-state index contributed by atoms with van der Waals surface area (Å²) in [5, 5.41) is 26.8. The Balaban J connectivity index is 1.70. The van der Waals surface area contributed by atoms with Gasteiger partial charge in [-0.3, -0.25) is 0 Å². The number of fused-ring (bicyclic) bond motifs is 1. The first-order valence-electron chi connectivity index (χ1n) is 9.49. The number of hydrogen-bond acceptors (Lipinski definition) is 5. The van der Waals surface area contributed by atoms with Crippen molar-refractivity contribution in [3.63, 3.8) is 0 Å². The van der Waals surface area contributed by atoms with Crippen molar-refractivity contribution in [1.82, 2.24) is 0 Å². The predicted octanol–water partition coefficient (Wildman–Crippen LogP) is 5.45. The number of nitrogens with one attached hydrogen (secondary N) is 1. The first-order valence-corrected chi connectivity index (χ1v) is 10.3. The van der Waals surface area contributed by atoms with Gasteiger partial charge in [0.1, 0.15) is 11.1 Å². The van der Waals surface area contributed by atoms with E-state index in [9.17, 15) is 10.5 Å². The van der Waals surface area contributed by atoms with Crippen molar-refractivity contribution in [2.45, 2.75) is 46.5 Å². The molecule has 0 fully saturated rings. The molecule has 5 heteroatoms. The smallest absolute Gasteiger partial charge is 0.107 e. The minimum atomic E-state index is 0.296. The molecule has 2 N–H and O–H groups in total. The van der Waals surface area contributed by atoms with Gasteiger partial charge in [-0.25, -0.2) is 0 Å². The fourth-order valence-corrected chi connectivity index (χ4v) is 5.05. The Morgan fingerprint density at radius 2 is 2.07 bits per heavy atom. The Kier molecular flexibility index (Phi) is 5.86. The second-order valence-electron chi connectivity index (χ2n) is 8.21. The molecule has 1 atom stereocenters. The summed E-state index contributed by atoms with van der Waals surface area (Å²) in [5.74, 6) is 0.661. The SMILES string of the molecule is CC(C)(C)C1CCc2c(sc(NCCC(=NO)c3ccccc3)c2C#N)C1. The lowest BCUT2D eigenvalue weighted by molar-refractivity contribution is 0.218. The fraction of sp³-hybridized carbons (Fsp3) is 0.455. The number of benzene rings is 1. The molecule has 0 bridgehead atoms. The summed E-state index contributed by atoms with van der Waals surface area (Å²) in [4.78, 5) is 1.36. The minimum absolute atomic E-state index is 0.296. The largest absolute Gasteiger partial charge is 0.411 e. The highest BCUT2D eigenvalue weighted by molar-refractivity contribution is 7.16. The lowest BCUT2D eigenvalue weighted by Crippen LogP contribution is -2.26. The van der Waals surface area contributed by atoms with Crippen LogP contribution in [0.25, 0.3) is 0 Å². The van der Waals surface area contributed by atoms with Crippen molar-refractivity contribution in [3.05, 3.63) is 51.9 Å². The summed E-state index contributed by atoms with van der Waals surface area (Å²) < 4.78 is 0. The molecular weight excluding hydrogens is 354 g/mol. The van der Waals surface area contributed by atoms with E-state index in [2.05, 4.69) is 37.3 Å². The van der Waals surface area contributed by atoms with E-state index in [1.807, 2.05) is 30.3 Å². The lowest BCUT2D eigenvalue weighted by Gasteiger charge is -2.33. The molecule has 2 aromatic rings. The monoisotopic (exact) mass is 381 g/mol. The molecule has 0 radical (unpaired) electrons. The fourth-order valence-electron chi connectivity index (χ4n) is 3.74. The molecule has 0 saturated heterocycles. The van der Waals surface area contributed by atoms with E-state index in [1.165, 1.54) is 10.4 Å². The van der Waals surface area contributed by atoms with Crippen LogP contribution in [0.4, 0.5) is 5.00 Å². The highest BCUT2D eigenvalue weighted by atomic mass is 32.1. The second-order valence-corrected chi connectivity index (χ2v) is 9.32. The third kappa shape index (κ3) is 4.33. The summed E-state index contributed by atoms with van der Waals surface area (Å²) in [5.41, 5.74) is 3.91. The molecule has 3 rings (SSSR count). The molecule has 0 aliphatic heterocycles. The zero-order valence-corrected chi connectivity index (χ0v) is 17.1. The topological polar surface area (TPSA) is 68.4 Å². The minimum Gasteiger partial charge on any atom is -0.411 e. The van der Waals surface area contributed by atoms with Gasteiger partial charge in [-0.2, -0.15) is 5.26 Å². The van der Waals surface area contributed by atoms with Crippen molar-refractivity contribution in [3.8, 4) is 6.07 Å². The van der Waals surface area contributed by atoms with Gasteiger partial charge in [0.2, 0.25) is 0 Å². The van der Waals surface area contributed by atoms with Crippen LogP contribution >= 0.6 is 11.3 Å². The van der Waals surface area contributed by atoms with E-state index in [4.69, 9.17) is 0 Å². The van der Waals surface area contributed by atoms with Crippen LogP contribution in [-0.4, -0.2) is 17.5 Å². The molecule has 4 nitrogen and oxygen atoms in total. The zero-order chi connectivity index (χ0) is 19.4. The third-order valence-electron chi connectivity index (χ3n) is 5.48. The Morgan fingerprint density at radius 3 is 2.70 bits per heavy atom. The number of nitriles is 1. The van der Waals surface area contributed by atoms with Crippen LogP contribution in [0.5, 0.6) is 0 Å². The van der Waals surface area contributed by atoms with E-state index in [0.717, 1.165) is 35.4 Å². The van der Waals surface area contributed by atoms with E-state index < -0.39 is 0 Å². The maximum absolute atomic E-state index is 9.67. The van der Waals surface area contributed by atoms with E-state index >= 15 is 0 Å². The van der Waals surface area contributed by atoms with Gasteiger partial charge in [-0.15, -0.1) is 11.3 Å². The average Bonchev–Trinajstić information content (AvgIpc) is 3.01. The Morgan fingerprint density at radius 1 is 1.33 bits per heavy atom. The Bertz CT molecular complexity index is 856. The molecule has 142 valence electrons. The maximum Gasteiger partial charge on any atom is 0.107 e. The van der Waals surface area contributed by atoms with Crippen LogP contribution in [0.1, 0.15) is 55.2 Å². The molecule has 1 aliphatic rings. The normalized spacial score (nSPS) is 17.3. The van der Waals surface area contributed by atoms with Crippen LogP contribution in [0.15, 0.2) is 35.5 Å². The van der Waals surface area contributed by atoms with Gasteiger partial charge in [-0.05, 0) is 41.7 Å². The maximum atomic E-state index is 9.67. The van der Waals surface area contributed by atoms with Gasteiger partial charge in [0.15, 0.2) is 0 Å². The van der Waals surface area contributed by atoms with Crippen molar-refractivity contribution in [2.24, 2.45) is 16.5 Å². The van der Waals surface area contributed by atoms with Crippen LogP contribution in [0.3, 0.4) is 0 Å². The molecule has 27 heavy (non-hydrogen) atoms. The molecule has 1 aromatic heterocycles. The summed E-state index contributed by atoms with van der Waals surface area (Å²) in [6.07, 6.45) is 3.80. The highest BCUT2D eigenvalue weighted by Gasteiger charge is 2.32. The second kappa shape index (κ2) is 8.14. The summed E-state index contributed by atoms with van der Waals surface area (Å²) in [6, 6.07) is 12.1. The molecule has 1 heterocycles. The lowest BCUT2D eigenvalue weighted by atomic mass is 9.72. The van der Waals surface area contributed by atoms with Gasteiger partial charge < -0.3 is 10.5 Å². The molecule has 1 aromatic carbocycles. The number of rotatable bonds is 5. The molecular formula is C22H27N3OS. The summed E-state index contributed by atoms with van der Waals surface area (Å²) in [6.45, 7) is 7.55. The number of nitrogens with zero attached hydrogens (tertiary/aromatic N) is 2. The molecule has 0 saturated carbocycles. The van der Waals surface area contributed by atoms with E-state index in [-0.39, 0.29) is 0 Å². The summed E-state index contributed by atoms with van der Waals surface area (Å²) >= 11 is 1.73. The Labute approximate surface area is 165 Å². The van der Waals surface area contributed by atoms with Gasteiger partial charge in [0.05, 0.1) is 11.3 Å². The quantitative estimate of drug-likeness (QED) is 0.411. The zero-order valence-electron chi connectivity index (χ0n) is 16.2. The Hall–Kier alpha value is -2.32. The van der Waals surface area contributed by atoms with Gasteiger partial charge in [0, 0.05) is 17.8 Å². The van der Waals surface area contributed by atoms with Crippen molar-refractivity contribution in [1.29, 1.82) is 5.26 Å². The van der Waals surface area contributed by atoms with E-state index in [1.54, 1.807) is 11.3 Å². The number of oxime groups is 1. The number of thiophene rings is 1. The van der Waals surface area contributed by atoms with Crippen molar-refractivity contribution in [2.75, 3.05) is 11.9 Å². The molecule has 0 amide bonds. The molecule has 0 spiro atoms. The highest BCUT2D eigenvalue weighted by Crippen LogP contribution is 2.43. The van der Waals surface area contributed by atoms with Crippen LogP contribution in [0, 0.1) is 22.7 Å². The molecule has 1 aliphatic carbocycles. The van der Waals surface area contributed by atoms with Gasteiger partial charge in [-0.1, -0.05) is 56.3 Å². The van der Waals surface area contributed by atoms with Gasteiger partial charge >= 0.3 is 0 Å². The average molecular weight is 382 g/mol. The molecule has 1 unspecified atom stereocenters. The predicted molar refractivity (Wildman–Crippen MR) is 112 cm³/mol. The van der Waals surface area contributed by atoms with Crippen LogP contribution in [-0.2, 0) is 12.8 Å². The van der Waals surface area contributed by atoms with E-state index in [0.29, 0.717) is 30.0 Å². The number of anilines is 1. The standard InChI is InChI=1S/C22H27N3OS/c1-22(2,3)16-9-10-17-18(14-23)21(27-20(17)13-16)24-12-11-19(25-26)15-7-5-4-6-8-15/h4-8,16,24,26H,9-13H2,1-3H3. The van der Waals surface area contributed by atoms with Crippen molar-refractivity contribution < 1.29 is 5.21 Å². The van der Waals surface area contributed by atoms with Crippen molar-refractivity contribution >= 4 is 22.0 Å². The first-order chi connectivity index (χ1) is 12.9. The number of hydrogen-bond donors (Lipinski definition) is 2. The third-order valence-corrected chi connectivity index (χ3v) is 6.69. The van der Waals surface area contributed by atoms with Gasteiger partial charge in [0.25, 0.3) is 0 Å². The summed E-state index contributed by atoms with van der Waals surface area (Å²) in [7, 11) is 0.